The summed E-state index contributed by atoms with van der Waals surface area (Å²) in [5, 5.41) is 3.71. The molecule has 1 aliphatic carbocycles. The van der Waals surface area contributed by atoms with Crippen LogP contribution in [0.15, 0.2) is 4.79 Å². The summed E-state index contributed by atoms with van der Waals surface area (Å²) in [7, 11) is 0. The Balaban J connectivity index is 1.76. The number of carbonyl (C=O) groups is 1. The van der Waals surface area contributed by atoms with Gasteiger partial charge in [0.25, 0.3) is 5.56 Å². The Bertz CT molecular complexity index is 757. The van der Waals surface area contributed by atoms with E-state index >= 15 is 0 Å². The second kappa shape index (κ2) is 6.20. The lowest BCUT2D eigenvalue weighted by atomic mass is 9.95. The molecule has 1 amide bonds. The van der Waals surface area contributed by atoms with Gasteiger partial charge in [-0.2, -0.15) is 0 Å². The molecule has 118 valence electrons. The van der Waals surface area contributed by atoms with Gasteiger partial charge >= 0.3 is 0 Å². The molecule has 1 saturated carbocycles. The maximum atomic E-state index is 12.2. The number of carbonyl (C=O) groups excluding carboxylic acids is 1. The number of aromatic nitrogens is 2. The van der Waals surface area contributed by atoms with E-state index in [4.69, 9.17) is 0 Å². The van der Waals surface area contributed by atoms with Crippen LogP contribution in [-0.2, 0) is 11.2 Å². The topological polar surface area (TPSA) is 74.8 Å². The molecule has 22 heavy (non-hydrogen) atoms. The molecule has 6 heteroatoms. The molecule has 0 radical (unpaired) electrons. The van der Waals surface area contributed by atoms with E-state index in [0.29, 0.717) is 11.2 Å². The molecule has 0 unspecified atom stereocenters. The molecule has 0 bridgehead atoms. The average molecular weight is 319 g/mol. The van der Waals surface area contributed by atoms with Gasteiger partial charge < -0.3 is 10.3 Å². The highest BCUT2D eigenvalue weighted by molar-refractivity contribution is 7.18. The van der Waals surface area contributed by atoms with Crippen molar-refractivity contribution in [3.8, 4) is 0 Å². The molecule has 0 spiro atoms. The molecule has 2 aromatic heterocycles. The van der Waals surface area contributed by atoms with Gasteiger partial charge in [0, 0.05) is 10.9 Å². The van der Waals surface area contributed by atoms with E-state index in [2.05, 4.69) is 15.3 Å². The fourth-order valence-electron chi connectivity index (χ4n) is 3.06. The van der Waals surface area contributed by atoms with Gasteiger partial charge in [-0.3, -0.25) is 9.59 Å². The lowest BCUT2D eigenvalue weighted by Crippen LogP contribution is -2.37. The maximum Gasteiger partial charge on any atom is 0.259 e. The summed E-state index contributed by atoms with van der Waals surface area (Å²) in [6, 6.07) is 0.280. The molecule has 0 aliphatic heterocycles. The molecule has 5 nitrogen and oxygen atoms in total. The van der Waals surface area contributed by atoms with Gasteiger partial charge in [-0.15, -0.1) is 11.3 Å². The molecular weight excluding hydrogens is 298 g/mol. The quantitative estimate of drug-likeness (QED) is 0.913. The first-order chi connectivity index (χ1) is 10.5. The number of amides is 1. The van der Waals surface area contributed by atoms with Crippen LogP contribution in [-0.4, -0.2) is 21.9 Å². The molecule has 2 N–H and O–H groups in total. The fraction of sp³-hybridized carbons (Fsp3) is 0.562. The third-order valence-corrected chi connectivity index (χ3v) is 5.49. The Morgan fingerprint density at radius 2 is 2.05 bits per heavy atom. The first-order valence-electron chi connectivity index (χ1n) is 7.83. The Hall–Kier alpha value is -1.69. The van der Waals surface area contributed by atoms with Gasteiger partial charge in [-0.05, 0) is 32.3 Å². The molecule has 0 atom stereocenters. The second-order valence-corrected chi connectivity index (χ2v) is 7.26. The number of fused-ring (bicyclic) bond motifs is 1. The number of thiophene rings is 1. The SMILES string of the molecule is Cc1sc2nc(CC(=O)NC3CCCCC3)[nH]c(=O)c2c1C. The van der Waals surface area contributed by atoms with Crippen LogP contribution in [0.4, 0.5) is 0 Å². The number of nitrogens with one attached hydrogen (secondary N) is 2. The van der Waals surface area contributed by atoms with Crippen LogP contribution < -0.4 is 10.9 Å². The van der Waals surface area contributed by atoms with Crippen molar-refractivity contribution in [2.24, 2.45) is 0 Å². The minimum Gasteiger partial charge on any atom is -0.353 e. The summed E-state index contributed by atoms with van der Waals surface area (Å²) < 4.78 is 0. The minimum atomic E-state index is -0.146. The van der Waals surface area contributed by atoms with Crippen LogP contribution in [0, 0.1) is 13.8 Å². The summed E-state index contributed by atoms with van der Waals surface area (Å²) >= 11 is 1.51. The van der Waals surface area contributed by atoms with Crippen LogP contribution in [0.3, 0.4) is 0 Å². The van der Waals surface area contributed by atoms with Crippen LogP contribution in [0.25, 0.3) is 10.2 Å². The van der Waals surface area contributed by atoms with E-state index in [9.17, 15) is 9.59 Å². The lowest BCUT2D eigenvalue weighted by Gasteiger charge is -2.22. The summed E-state index contributed by atoms with van der Waals surface area (Å²) in [6.45, 7) is 3.91. The molecule has 1 fully saturated rings. The average Bonchev–Trinajstić information content (AvgIpc) is 2.75. The summed E-state index contributed by atoms with van der Waals surface area (Å²) in [5.41, 5.74) is 0.833. The van der Waals surface area contributed by atoms with Crippen molar-refractivity contribution >= 4 is 27.5 Å². The zero-order valence-corrected chi connectivity index (χ0v) is 13.8. The van der Waals surface area contributed by atoms with E-state index in [1.165, 1.54) is 30.6 Å². The second-order valence-electron chi connectivity index (χ2n) is 6.06. The van der Waals surface area contributed by atoms with Gasteiger partial charge in [0.2, 0.25) is 5.91 Å². The van der Waals surface area contributed by atoms with Crippen molar-refractivity contribution in [3.63, 3.8) is 0 Å². The normalized spacial score (nSPS) is 16.1. The smallest absolute Gasteiger partial charge is 0.259 e. The predicted molar refractivity (Wildman–Crippen MR) is 88.4 cm³/mol. The van der Waals surface area contributed by atoms with Gasteiger partial charge in [-0.25, -0.2) is 4.98 Å². The highest BCUT2D eigenvalue weighted by Gasteiger charge is 2.17. The molecule has 1 aliphatic rings. The van der Waals surface area contributed by atoms with Crippen LogP contribution >= 0.6 is 11.3 Å². The monoisotopic (exact) mass is 319 g/mol. The Morgan fingerprint density at radius 3 is 2.77 bits per heavy atom. The Kier molecular flexibility index (Phi) is 4.29. The third-order valence-electron chi connectivity index (χ3n) is 4.39. The van der Waals surface area contributed by atoms with Gasteiger partial charge in [0.05, 0.1) is 11.8 Å². The van der Waals surface area contributed by atoms with E-state index in [0.717, 1.165) is 28.1 Å². The van der Waals surface area contributed by atoms with Crippen molar-refractivity contribution in [2.45, 2.75) is 58.4 Å². The predicted octanol–water partition coefficient (Wildman–Crippen LogP) is 2.59. The van der Waals surface area contributed by atoms with E-state index in [1.807, 2.05) is 13.8 Å². The van der Waals surface area contributed by atoms with Crippen LogP contribution in [0.1, 0.15) is 48.4 Å². The molecule has 0 saturated heterocycles. The summed E-state index contributed by atoms with van der Waals surface area (Å²) in [6.07, 6.45) is 5.86. The molecular formula is C16H21N3O2S. The van der Waals surface area contributed by atoms with Crippen LogP contribution in [0.2, 0.25) is 0 Å². The van der Waals surface area contributed by atoms with Crippen molar-refractivity contribution in [3.05, 3.63) is 26.6 Å². The van der Waals surface area contributed by atoms with Gasteiger partial charge in [0.1, 0.15) is 10.7 Å². The van der Waals surface area contributed by atoms with E-state index in [1.54, 1.807) is 0 Å². The lowest BCUT2D eigenvalue weighted by molar-refractivity contribution is -0.121. The fourth-order valence-corrected chi connectivity index (χ4v) is 4.11. The zero-order chi connectivity index (χ0) is 15.7. The van der Waals surface area contributed by atoms with Crippen molar-refractivity contribution in [1.29, 1.82) is 0 Å². The zero-order valence-electron chi connectivity index (χ0n) is 13.0. The van der Waals surface area contributed by atoms with Gasteiger partial charge in [0.15, 0.2) is 0 Å². The molecule has 0 aromatic carbocycles. The Labute approximate surface area is 133 Å². The Morgan fingerprint density at radius 1 is 1.32 bits per heavy atom. The number of H-pyrrole nitrogens is 1. The largest absolute Gasteiger partial charge is 0.353 e. The summed E-state index contributed by atoms with van der Waals surface area (Å²) in [5.74, 6) is 0.395. The number of aromatic amines is 1. The van der Waals surface area contributed by atoms with E-state index in [-0.39, 0.29) is 23.9 Å². The molecule has 2 heterocycles. The molecule has 3 rings (SSSR count). The standard InChI is InChI=1S/C16H21N3O2S/c1-9-10(2)22-16-14(9)15(21)18-12(19-16)8-13(20)17-11-6-4-3-5-7-11/h11H,3-8H2,1-2H3,(H,17,20)(H,18,19,21). The van der Waals surface area contributed by atoms with Crippen LogP contribution in [0.5, 0.6) is 0 Å². The first kappa shape index (κ1) is 15.2. The highest BCUT2D eigenvalue weighted by atomic mass is 32.1. The van der Waals surface area contributed by atoms with Crippen molar-refractivity contribution in [1.82, 2.24) is 15.3 Å². The highest BCUT2D eigenvalue weighted by Crippen LogP contribution is 2.25. The number of hydrogen-bond donors (Lipinski definition) is 2. The maximum absolute atomic E-state index is 12.2. The van der Waals surface area contributed by atoms with Gasteiger partial charge in [-0.1, -0.05) is 19.3 Å². The van der Waals surface area contributed by atoms with Crippen molar-refractivity contribution in [2.75, 3.05) is 0 Å². The third kappa shape index (κ3) is 3.06. The summed E-state index contributed by atoms with van der Waals surface area (Å²) in [4.78, 5) is 33.3. The first-order valence-corrected chi connectivity index (χ1v) is 8.64. The van der Waals surface area contributed by atoms with Crippen molar-refractivity contribution < 1.29 is 4.79 Å². The number of nitrogens with zero attached hydrogens (tertiary/aromatic N) is 1. The number of rotatable bonds is 3. The number of hydrogen-bond acceptors (Lipinski definition) is 4. The molecule has 2 aromatic rings. The minimum absolute atomic E-state index is 0.0561. The van der Waals surface area contributed by atoms with E-state index < -0.39 is 0 Å². The number of aryl methyl sites for hydroxylation is 2.